The van der Waals surface area contributed by atoms with Crippen LogP contribution in [0.2, 0.25) is 0 Å². The van der Waals surface area contributed by atoms with Gasteiger partial charge in [0.1, 0.15) is 5.82 Å². The molecule has 0 radical (unpaired) electrons. The maximum absolute atomic E-state index is 12.4. The fourth-order valence-electron chi connectivity index (χ4n) is 3.64. The van der Waals surface area contributed by atoms with Crippen LogP contribution < -0.4 is 4.90 Å². The number of anilines is 1. The fraction of sp³-hybridized carbons (Fsp3) is 0.350. The number of hydrogen-bond donors (Lipinski definition) is 0. The first-order valence-electron chi connectivity index (χ1n) is 9.07. The van der Waals surface area contributed by atoms with Gasteiger partial charge in [-0.25, -0.2) is 4.98 Å². The molecular formula is C20H22N4O2. The SMILES string of the molecule is O=C1c2ccccc2C(=O)N1CCCN1CCN(c2ccccn2)CC1. The van der Waals surface area contributed by atoms with Crippen LogP contribution in [-0.4, -0.2) is 65.9 Å². The van der Waals surface area contributed by atoms with Gasteiger partial charge < -0.3 is 4.90 Å². The van der Waals surface area contributed by atoms with E-state index in [2.05, 4.69) is 14.8 Å². The molecular weight excluding hydrogens is 328 g/mol. The molecule has 3 heterocycles. The first kappa shape index (κ1) is 16.7. The van der Waals surface area contributed by atoms with Gasteiger partial charge in [-0.05, 0) is 37.2 Å². The van der Waals surface area contributed by atoms with Crippen molar-refractivity contribution >= 4 is 17.6 Å². The lowest BCUT2D eigenvalue weighted by Gasteiger charge is -2.35. The van der Waals surface area contributed by atoms with Crippen molar-refractivity contribution in [2.45, 2.75) is 6.42 Å². The van der Waals surface area contributed by atoms with Gasteiger partial charge in [0.2, 0.25) is 0 Å². The Morgan fingerprint density at radius 3 is 2.08 bits per heavy atom. The van der Waals surface area contributed by atoms with Crippen molar-refractivity contribution in [3.8, 4) is 0 Å². The van der Waals surface area contributed by atoms with E-state index in [-0.39, 0.29) is 11.8 Å². The molecule has 1 aromatic carbocycles. The summed E-state index contributed by atoms with van der Waals surface area (Å²) in [6, 6.07) is 13.0. The zero-order chi connectivity index (χ0) is 17.9. The highest BCUT2D eigenvalue weighted by molar-refractivity contribution is 6.21. The number of carbonyl (C=O) groups excluding carboxylic acids is 2. The number of benzene rings is 1. The van der Waals surface area contributed by atoms with Gasteiger partial charge in [0.15, 0.2) is 0 Å². The topological polar surface area (TPSA) is 56.8 Å². The number of imide groups is 1. The summed E-state index contributed by atoms with van der Waals surface area (Å²) >= 11 is 0. The molecule has 0 saturated carbocycles. The van der Waals surface area contributed by atoms with E-state index in [0.29, 0.717) is 17.7 Å². The van der Waals surface area contributed by atoms with Crippen LogP contribution in [0.5, 0.6) is 0 Å². The van der Waals surface area contributed by atoms with Crippen LogP contribution >= 0.6 is 0 Å². The molecule has 4 rings (SSSR count). The molecule has 1 aromatic heterocycles. The van der Waals surface area contributed by atoms with Gasteiger partial charge in [0.25, 0.3) is 11.8 Å². The Morgan fingerprint density at radius 2 is 1.46 bits per heavy atom. The molecule has 2 aliphatic rings. The fourth-order valence-corrected chi connectivity index (χ4v) is 3.64. The Labute approximate surface area is 153 Å². The number of fused-ring (bicyclic) bond motifs is 1. The minimum Gasteiger partial charge on any atom is -0.354 e. The van der Waals surface area contributed by atoms with E-state index in [4.69, 9.17) is 0 Å². The lowest BCUT2D eigenvalue weighted by atomic mass is 10.1. The number of amides is 2. The monoisotopic (exact) mass is 350 g/mol. The van der Waals surface area contributed by atoms with Crippen molar-refractivity contribution < 1.29 is 9.59 Å². The van der Waals surface area contributed by atoms with Crippen LogP contribution in [0.25, 0.3) is 0 Å². The largest absolute Gasteiger partial charge is 0.354 e. The highest BCUT2D eigenvalue weighted by atomic mass is 16.2. The van der Waals surface area contributed by atoms with Crippen LogP contribution in [-0.2, 0) is 0 Å². The van der Waals surface area contributed by atoms with E-state index in [1.165, 1.54) is 4.90 Å². The minimum absolute atomic E-state index is 0.162. The molecule has 1 saturated heterocycles. The Bertz CT molecular complexity index is 765. The van der Waals surface area contributed by atoms with Crippen LogP contribution in [0.15, 0.2) is 48.7 Å². The van der Waals surface area contributed by atoms with Crippen LogP contribution in [0.1, 0.15) is 27.1 Å². The van der Waals surface area contributed by atoms with Crippen molar-refractivity contribution in [2.75, 3.05) is 44.2 Å². The molecule has 0 N–H and O–H groups in total. The van der Waals surface area contributed by atoms with Gasteiger partial charge in [-0.1, -0.05) is 18.2 Å². The molecule has 2 aliphatic heterocycles. The normalized spacial score (nSPS) is 17.7. The lowest BCUT2D eigenvalue weighted by molar-refractivity contribution is 0.0647. The predicted molar refractivity (Wildman–Crippen MR) is 99.3 cm³/mol. The summed E-state index contributed by atoms with van der Waals surface area (Å²) in [6.45, 7) is 5.21. The summed E-state index contributed by atoms with van der Waals surface area (Å²) in [5.41, 5.74) is 1.06. The minimum atomic E-state index is -0.162. The van der Waals surface area contributed by atoms with E-state index in [0.717, 1.165) is 45.0 Å². The average molecular weight is 350 g/mol. The van der Waals surface area contributed by atoms with E-state index < -0.39 is 0 Å². The highest BCUT2D eigenvalue weighted by Crippen LogP contribution is 2.22. The van der Waals surface area contributed by atoms with Gasteiger partial charge in [0, 0.05) is 38.9 Å². The van der Waals surface area contributed by atoms with Gasteiger partial charge in [-0.15, -0.1) is 0 Å². The molecule has 1 fully saturated rings. The van der Waals surface area contributed by atoms with Gasteiger partial charge >= 0.3 is 0 Å². The van der Waals surface area contributed by atoms with Crippen molar-refractivity contribution in [1.82, 2.24) is 14.8 Å². The summed E-state index contributed by atoms with van der Waals surface area (Å²) in [5, 5.41) is 0. The number of nitrogens with zero attached hydrogens (tertiary/aromatic N) is 4. The lowest BCUT2D eigenvalue weighted by Crippen LogP contribution is -2.47. The molecule has 0 unspecified atom stereocenters. The van der Waals surface area contributed by atoms with Crippen LogP contribution in [0.4, 0.5) is 5.82 Å². The maximum Gasteiger partial charge on any atom is 0.261 e. The maximum atomic E-state index is 12.4. The van der Waals surface area contributed by atoms with Gasteiger partial charge in [-0.3, -0.25) is 19.4 Å². The Morgan fingerprint density at radius 1 is 0.808 bits per heavy atom. The van der Waals surface area contributed by atoms with Gasteiger partial charge in [-0.2, -0.15) is 0 Å². The van der Waals surface area contributed by atoms with Crippen molar-refractivity contribution in [3.63, 3.8) is 0 Å². The van der Waals surface area contributed by atoms with E-state index in [1.54, 1.807) is 24.3 Å². The molecule has 0 aliphatic carbocycles. The number of piperazine rings is 1. The Hall–Kier alpha value is -2.73. The molecule has 0 atom stereocenters. The predicted octanol–water partition coefficient (Wildman–Crippen LogP) is 1.89. The van der Waals surface area contributed by atoms with Crippen LogP contribution in [0.3, 0.4) is 0 Å². The molecule has 0 spiro atoms. The number of hydrogen-bond acceptors (Lipinski definition) is 5. The molecule has 134 valence electrons. The number of aromatic nitrogens is 1. The van der Waals surface area contributed by atoms with Crippen molar-refractivity contribution in [2.24, 2.45) is 0 Å². The first-order chi connectivity index (χ1) is 12.7. The standard InChI is InChI=1S/C20H22N4O2/c25-19-16-6-1-2-7-17(16)20(26)24(19)11-5-10-22-12-14-23(15-13-22)18-8-3-4-9-21-18/h1-4,6-9H,5,10-15H2. The third kappa shape index (κ3) is 3.20. The molecule has 26 heavy (non-hydrogen) atoms. The summed E-state index contributed by atoms with van der Waals surface area (Å²) in [4.78, 5) is 35.2. The molecule has 6 nitrogen and oxygen atoms in total. The second kappa shape index (κ2) is 7.25. The summed E-state index contributed by atoms with van der Waals surface area (Å²) in [7, 11) is 0. The summed E-state index contributed by atoms with van der Waals surface area (Å²) in [5.74, 6) is 0.703. The molecule has 2 amide bonds. The number of rotatable bonds is 5. The second-order valence-corrected chi connectivity index (χ2v) is 6.68. The van der Waals surface area contributed by atoms with E-state index in [1.807, 2.05) is 24.4 Å². The zero-order valence-corrected chi connectivity index (χ0v) is 14.7. The van der Waals surface area contributed by atoms with E-state index >= 15 is 0 Å². The molecule has 2 aromatic rings. The smallest absolute Gasteiger partial charge is 0.261 e. The summed E-state index contributed by atoms with van der Waals surface area (Å²) in [6.07, 6.45) is 2.62. The van der Waals surface area contributed by atoms with Gasteiger partial charge in [0.05, 0.1) is 11.1 Å². The van der Waals surface area contributed by atoms with E-state index in [9.17, 15) is 9.59 Å². The Balaban J connectivity index is 1.25. The van der Waals surface area contributed by atoms with Crippen molar-refractivity contribution in [3.05, 3.63) is 59.8 Å². The third-order valence-electron chi connectivity index (χ3n) is 5.08. The third-order valence-corrected chi connectivity index (χ3v) is 5.08. The molecule has 6 heteroatoms. The van der Waals surface area contributed by atoms with Crippen molar-refractivity contribution in [1.29, 1.82) is 0 Å². The van der Waals surface area contributed by atoms with Crippen LogP contribution in [0, 0.1) is 0 Å². The number of pyridine rings is 1. The highest BCUT2D eigenvalue weighted by Gasteiger charge is 2.34. The Kier molecular flexibility index (Phi) is 4.67. The molecule has 0 bridgehead atoms. The summed E-state index contributed by atoms with van der Waals surface area (Å²) < 4.78 is 0. The number of carbonyl (C=O) groups is 2. The quantitative estimate of drug-likeness (QED) is 0.771. The second-order valence-electron chi connectivity index (χ2n) is 6.68. The zero-order valence-electron chi connectivity index (χ0n) is 14.7. The average Bonchev–Trinajstić information content (AvgIpc) is 2.94. The first-order valence-corrected chi connectivity index (χ1v) is 9.07.